The highest BCUT2D eigenvalue weighted by Crippen LogP contribution is 2.33. The van der Waals surface area contributed by atoms with Gasteiger partial charge in [0.2, 0.25) is 11.8 Å². The van der Waals surface area contributed by atoms with Crippen LogP contribution in [0.25, 0.3) is 0 Å². The third-order valence-electron chi connectivity index (χ3n) is 3.56. The molecule has 0 saturated carbocycles. The number of hydrogen-bond donors (Lipinski definition) is 1. The van der Waals surface area contributed by atoms with Crippen molar-refractivity contribution in [2.75, 3.05) is 0 Å². The monoisotopic (exact) mass is 312 g/mol. The van der Waals surface area contributed by atoms with E-state index in [1.54, 1.807) is 6.07 Å². The van der Waals surface area contributed by atoms with Crippen LogP contribution < -0.4 is 5.32 Å². The largest absolute Gasteiger partial charge is 0.322 e. The zero-order valence-electron chi connectivity index (χ0n) is 10.3. The molecule has 1 N–H and O–H groups in total. The second-order valence-electron chi connectivity index (χ2n) is 4.82. The molecule has 2 aliphatic heterocycles. The summed E-state index contributed by atoms with van der Waals surface area (Å²) >= 11 is 11.8. The fraction of sp³-hybridized carbons (Fsp3) is 0.308. The standard InChI is InChI=1S/C13H10Cl2N2O3/c14-8-3-6-5-17(13(20)7(6)4-9(8)15)10-1-2-11(18)16-12(10)19/h3-4,10H,1-2,5H2,(H,16,18,19). The van der Waals surface area contributed by atoms with Crippen LogP contribution in [0.5, 0.6) is 0 Å². The number of fused-ring (bicyclic) bond motifs is 1. The third kappa shape index (κ3) is 2.07. The van der Waals surface area contributed by atoms with Crippen LogP contribution in [-0.2, 0) is 16.1 Å². The first-order valence-corrected chi connectivity index (χ1v) is 6.85. The average molecular weight is 313 g/mol. The molecule has 0 aliphatic carbocycles. The molecule has 7 heteroatoms. The number of imide groups is 1. The molecule has 2 heterocycles. The molecule has 3 amide bonds. The van der Waals surface area contributed by atoms with Crippen LogP contribution in [0.2, 0.25) is 10.0 Å². The van der Waals surface area contributed by atoms with Gasteiger partial charge in [0.1, 0.15) is 6.04 Å². The van der Waals surface area contributed by atoms with Gasteiger partial charge < -0.3 is 4.90 Å². The Bertz CT molecular complexity index is 645. The zero-order valence-corrected chi connectivity index (χ0v) is 11.8. The Morgan fingerprint density at radius 2 is 1.85 bits per heavy atom. The summed E-state index contributed by atoms with van der Waals surface area (Å²) < 4.78 is 0. The summed E-state index contributed by atoms with van der Waals surface area (Å²) in [7, 11) is 0. The quantitative estimate of drug-likeness (QED) is 0.803. The maximum absolute atomic E-state index is 12.3. The summed E-state index contributed by atoms with van der Waals surface area (Å²) in [6.45, 7) is 0.303. The van der Waals surface area contributed by atoms with Crippen molar-refractivity contribution in [3.63, 3.8) is 0 Å². The predicted molar refractivity (Wildman–Crippen MR) is 72.5 cm³/mol. The molecule has 1 aromatic carbocycles. The Kier molecular flexibility index (Phi) is 3.18. The molecule has 0 radical (unpaired) electrons. The Morgan fingerprint density at radius 1 is 1.15 bits per heavy atom. The normalized spacial score (nSPS) is 22.0. The van der Waals surface area contributed by atoms with Crippen molar-refractivity contribution in [2.45, 2.75) is 25.4 Å². The van der Waals surface area contributed by atoms with E-state index in [4.69, 9.17) is 23.2 Å². The Labute approximate surface area is 124 Å². The topological polar surface area (TPSA) is 66.5 Å². The fourth-order valence-electron chi connectivity index (χ4n) is 2.56. The number of carbonyl (C=O) groups is 3. The lowest BCUT2D eigenvalue weighted by molar-refractivity contribution is -0.136. The molecule has 0 aromatic heterocycles. The van der Waals surface area contributed by atoms with Crippen molar-refractivity contribution in [2.24, 2.45) is 0 Å². The second-order valence-corrected chi connectivity index (χ2v) is 5.64. The van der Waals surface area contributed by atoms with E-state index >= 15 is 0 Å². The van der Waals surface area contributed by atoms with Crippen molar-refractivity contribution in [3.05, 3.63) is 33.3 Å². The number of halogens is 2. The summed E-state index contributed by atoms with van der Waals surface area (Å²) in [6.07, 6.45) is 0.573. The maximum atomic E-state index is 12.3. The summed E-state index contributed by atoms with van der Waals surface area (Å²) in [5, 5.41) is 2.94. The smallest absolute Gasteiger partial charge is 0.255 e. The summed E-state index contributed by atoms with van der Waals surface area (Å²) in [5.74, 6) is -0.992. The van der Waals surface area contributed by atoms with Crippen molar-refractivity contribution < 1.29 is 14.4 Å². The highest BCUT2D eigenvalue weighted by molar-refractivity contribution is 6.42. The molecule has 0 bridgehead atoms. The molecule has 1 unspecified atom stereocenters. The van der Waals surface area contributed by atoms with Gasteiger partial charge in [0.15, 0.2) is 0 Å². The first-order valence-electron chi connectivity index (χ1n) is 6.10. The third-order valence-corrected chi connectivity index (χ3v) is 4.29. The van der Waals surface area contributed by atoms with Crippen LogP contribution in [0.4, 0.5) is 0 Å². The predicted octanol–water partition coefficient (Wildman–Crippen LogP) is 1.75. The summed E-state index contributed by atoms with van der Waals surface area (Å²) in [4.78, 5) is 36.8. The number of amides is 3. The molecule has 1 aromatic rings. The maximum Gasteiger partial charge on any atom is 0.255 e. The van der Waals surface area contributed by atoms with Gasteiger partial charge in [0, 0.05) is 18.5 Å². The lowest BCUT2D eigenvalue weighted by Crippen LogP contribution is -2.52. The van der Waals surface area contributed by atoms with E-state index in [1.165, 1.54) is 11.0 Å². The summed E-state index contributed by atoms with van der Waals surface area (Å²) in [6, 6.07) is 2.54. The lowest BCUT2D eigenvalue weighted by Gasteiger charge is -2.29. The molecule has 0 spiro atoms. The van der Waals surface area contributed by atoms with E-state index in [0.717, 1.165) is 5.56 Å². The van der Waals surface area contributed by atoms with Gasteiger partial charge in [-0.3, -0.25) is 19.7 Å². The minimum absolute atomic E-state index is 0.234. The van der Waals surface area contributed by atoms with Crippen LogP contribution in [0, 0.1) is 0 Å². The lowest BCUT2D eigenvalue weighted by atomic mass is 10.0. The van der Waals surface area contributed by atoms with Gasteiger partial charge >= 0.3 is 0 Å². The van der Waals surface area contributed by atoms with E-state index in [0.29, 0.717) is 28.6 Å². The Balaban J connectivity index is 1.90. The van der Waals surface area contributed by atoms with Gasteiger partial charge in [-0.2, -0.15) is 0 Å². The van der Waals surface area contributed by atoms with Gasteiger partial charge in [0.25, 0.3) is 5.91 Å². The number of piperidine rings is 1. The molecule has 1 fully saturated rings. The van der Waals surface area contributed by atoms with Crippen molar-refractivity contribution >= 4 is 40.9 Å². The van der Waals surface area contributed by atoms with Crippen molar-refractivity contribution in [3.8, 4) is 0 Å². The molecule has 2 aliphatic rings. The molecule has 3 rings (SSSR count). The number of hydrogen-bond acceptors (Lipinski definition) is 3. The zero-order chi connectivity index (χ0) is 14.4. The van der Waals surface area contributed by atoms with E-state index in [9.17, 15) is 14.4 Å². The molecule has 20 heavy (non-hydrogen) atoms. The minimum atomic E-state index is -0.620. The van der Waals surface area contributed by atoms with Crippen LogP contribution in [0.3, 0.4) is 0 Å². The van der Waals surface area contributed by atoms with Gasteiger partial charge in [0.05, 0.1) is 10.0 Å². The van der Waals surface area contributed by atoms with E-state index in [1.807, 2.05) is 0 Å². The van der Waals surface area contributed by atoms with Crippen molar-refractivity contribution in [1.82, 2.24) is 10.2 Å². The van der Waals surface area contributed by atoms with Crippen LogP contribution in [0.15, 0.2) is 12.1 Å². The van der Waals surface area contributed by atoms with Crippen LogP contribution >= 0.6 is 23.2 Å². The second kappa shape index (κ2) is 4.75. The van der Waals surface area contributed by atoms with Gasteiger partial charge in [-0.1, -0.05) is 23.2 Å². The number of benzene rings is 1. The number of carbonyl (C=O) groups excluding carboxylic acids is 3. The number of rotatable bonds is 1. The van der Waals surface area contributed by atoms with Crippen molar-refractivity contribution in [1.29, 1.82) is 0 Å². The highest BCUT2D eigenvalue weighted by Gasteiger charge is 2.39. The molecule has 1 saturated heterocycles. The summed E-state index contributed by atoms with van der Waals surface area (Å²) in [5.41, 5.74) is 1.21. The van der Waals surface area contributed by atoms with E-state index in [-0.39, 0.29) is 18.2 Å². The Hall–Kier alpha value is -1.59. The average Bonchev–Trinajstić information content (AvgIpc) is 2.68. The molecule has 104 valence electrons. The molecule has 5 nitrogen and oxygen atoms in total. The first kappa shape index (κ1) is 13.4. The number of nitrogens with zero attached hydrogens (tertiary/aromatic N) is 1. The van der Waals surface area contributed by atoms with E-state index < -0.39 is 11.9 Å². The Morgan fingerprint density at radius 3 is 2.55 bits per heavy atom. The molecule has 1 atom stereocenters. The van der Waals surface area contributed by atoms with Gasteiger partial charge in [-0.25, -0.2) is 0 Å². The minimum Gasteiger partial charge on any atom is -0.322 e. The molecular weight excluding hydrogens is 303 g/mol. The highest BCUT2D eigenvalue weighted by atomic mass is 35.5. The fourth-order valence-corrected chi connectivity index (χ4v) is 2.91. The first-order chi connectivity index (χ1) is 9.47. The van der Waals surface area contributed by atoms with Crippen LogP contribution in [0.1, 0.15) is 28.8 Å². The van der Waals surface area contributed by atoms with Gasteiger partial charge in [-0.05, 0) is 24.1 Å². The van der Waals surface area contributed by atoms with E-state index in [2.05, 4.69) is 5.32 Å². The van der Waals surface area contributed by atoms with Crippen LogP contribution in [-0.4, -0.2) is 28.7 Å². The molecular formula is C13H10Cl2N2O3. The van der Waals surface area contributed by atoms with Gasteiger partial charge in [-0.15, -0.1) is 0 Å². The SMILES string of the molecule is O=C1CCC(N2Cc3cc(Cl)c(Cl)cc3C2=O)C(=O)N1. The number of nitrogens with one attached hydrogen (secondary N) is 1.